The third-order valence-electron chi connectivity index (χ3n) is 2.30. The highest BCUT2D eigenvalue weighted by Crippen LogP contribution is 2.30. The van der Waals surface area contributed by atoms with E-state index < -0.39 is 12.4 Å². The number of esters is 1. The van der Waals surface area contributed by atoms with Crippen LogP contribution in [0.2, 0.25) is 5.02 Å². The molecular weight excluding hydrogens is 266 g/mol. The molecule has 0 radical (unpaired) electrons. The van der Waals surface area contributed by atoms with Gasteiger partial charge < -0.3 is 10.5 Å². The molecule has 1 aromatic rings. The van der Waals surface area contributed by atoms with Gasteiger partial charge in [0.1, 0.15) is 0 Å². The number of rotatable bonds is 5. The van der Waals surface area contributed by atoms with Gasteiger partial charge in [-0.05, 0) is 12.5 Å². The van der Waals surface area contributed by atoms with Crippen molar-refractivity contribution in [2.75, 3.05) is 6.61 Å². The fourth-order valence-electron chi connectivity index (χ4n) is 1.54. The van der Waals surface area contributed by atoms with Crippen molar-refractivity contribution in [3.05, 3.63) is 28.0 Å². The van der Waals surface area contributed by atoms with Gasteiger partial charge in [0.05, 0.1) is 23.7 Å². The van der Waals surface area contributed by atoms with E-state index in [9.17, 15) is 13.6 Å². The highest BCUT2D eigenvalue weighted by molar-refractivity contribution is 6.31. The van der Waals surface area contributed by atoms with Crippen LogP contribution in [0.25, 0.3) is 0 Å². The molecule has 2 N–H and O–H groups in total. The molecule has 100 valence electrons. The molecule has 0 spiro atoms. The van der Waals surface area contributed by atoms with Crippen molar-refractivity contribution < 1.29 is 18.3 Å². The second-order valence-electron chi connectivity index (χ2n) is 3.43. The summed E-state index contributed by atoms with van der Waals surface area (Å²) in [6.07, 6.45) is -1.90. The number of hydrogen-bond donors (Lipinski definition) is 1. The Morgan fingerprint density at radius 1 is 1.61 bits per heavy atom. The maximum atomic E-state index is 13.0. The number of nitrogens with zero attached hydrogens (tertiary/aromatic N) is 1. The van der Waals surface area contributed by atoms with Crippen molar-refractivity contribution >= 4 is 17.6 Å². The van der Waals surface area contributed by atoms with Gasteiger partial charge in [-0.25, -0.2) is 8.78 Å². The average molecular weight is 279 g/mol. The fraction of sp³-hybridized carbons (Fsp3) is 0.455. The monoisotopic (exact) mass is 278 g/mol. The maximum Gasteiger partial charge on any atom is 0.310 e. The van der Waals surface area contributed by atoms with Gasteiger partial charge >= 0.3 is 5.97 Å². The number of alkyl halides is 2. The molecule has 0 bridgehead atoms. The minimum atomic E-state index is -2.79. The van der Waals surface area contributed by atoms with E-state index in [0.717, 1.165) is 0 Å². The number of nitrogens with two attached hydrogens (primary N) is 1. The Labute approximate surface area is 108 Å². The van der Waals surface area contributed by atoms with Crippen LogP contribution in [-0.2, 0) is 22.5 Å². The summed E-state index contributed by atoms with van der Waals surface area (Å²) >= 11 is 5.80. The van der Waals surface area contributed by atoms with Crippen molar-refractivity contribution in [2.45, 2.75) is 26.3 Å². The van der Waals surface area contributed by atoms with Crippen LogP contribution in [0.4, 0.5) is 8.78 Å². The number of carbonyl (C=O) groups is 1. The number of hydrogen-bond acceptors (Lipinski definition) is 4. The van der Waals surface area contributed by atoms with E-state index >= 15 is 0 Å². The second-order valence-corrected chi connectivity index (χ2v) is 3.84. The molecule has 18 heavy (non-hydrogen) atoms. The smallest absolute Gasteiger partial charge is 0.310 e. The molecule has 0 aliphatic rings. The Morgan fingerprint density at radius 3 is 2.78 bits per heavy atom. The minimum Gasteiger partial charge on any atom is -0.466 e. The van der Waals surface area contributed by atoms with Crippen LogP contribution in [0.1, 0.15) is 30.2 Å². The van der Waals surface area contributed by atoms with Crippen LogP contribution < -0.4 is 5.73 Å². The Kier molecular flexibility index (Phi) is 5.43. The van der Waals surface area contributed by atoms with Crippen molar-refractivity contribution in [1.82, 2.24) is 4.98 Å². The first kappa shape index (κ1) is 14.8. The lowest BCUT2D eigenvalue weighted by Crippen LogP contribution is -2.14. The standard InChI is InChI=1S/C11H13ClF2N2O2/c1-2-18-9(17)3-6-7(12)5-16-8(4-15)10(6)11(13)14/h5,11H,2-4,15H2,1H3. The first-order valence-corrected chi connectivity index (χ1v) is 5.69. The van der Waals surface area contributed by atoms with Gasteiger partial charge in [-0.1, -0.05) is 11.6 Å². The van der Waals surface area contributed by atoms with Gasteiger partial charge in [-0.2, -0.15) is 0 Å². The summed E-state index contributed by atoms with van der Waals surface area (Å²) < 4.78 is 30.7. The Hall–Kier alpha value is -1.27. The van der Waals surface area contributed by atoms with E-state index in [0.29, 0.717) is 0 Å². The predicted molar refractivity (Wildman–Crippen MR) is 62.4 cm³/mol. The summed E-state index contributed by atoms with van der Waals surface area (Å²) in [4.78, 5) is 15.1. The van der Waals surface area contributed by atoms with Crippen molar-refractivity contribution in [1.29, 1.82) is 0 Å². The number of carbonyl (C=O) groups excluding carboxylic acids is 1. The highest BCUT2D eigenvalue weighted by Gasteiger charge is 2.23. The molecule has 0 fully saturated rings. The molecular formula is C11H13ClF2N2O2. The number of pyridine rings is 1. The zero-order valence-electron chi connectivity index (χ0n) is 9.75. The van der Waals surface area contributed by atoms with E-state index in [-0.39, 0.29) is 41.4 Å². The molecule has 1 rings (SSSR count). The zero-order valence-corrected chi connectivity index (χ0v) is 10.5. The van der Waals surface area contributed by atoms with Gasteiger partial charge in [-0.15, -0.1) is 0 Å². The molecule has 1 heterocycles. The van der Waals surface area contributed by atoms with Gasteiger partial charge in [0.25, 0.3) is 6.43 Å². The summed E-state index contributed by atoms with van der Waals surface area (Å²) in [5.41, 5.74) is 5.03. The summed E-state index contributed by atoms with van der Waals surface area (Å²) in [6.45, 7) is 1.66. The highest BCUT2D eigenvalue weighted by atomic mass is 35.5. The van der Waals surface area contributed by atoms with Gasteiger partial charge in [0.15, 0.2) is 0 Å². The topological polar surface area (TPSA) is 65.2 Å². The quantitative estimate of drug-likeness (QED) is 0.839. The van der Waals surface area contributed by atoms with Crippen LogP contribution in [0.5, 0.6) is 0 Å². The molecule has 1 aromatic heterocycles. The summed E-state index contributed by atoms with van der Waals surface area (Å²) in [6, 6.07) is 0. The molecule has 0 aromatic carbocycles. The van der Waals surface area contributed by atoms with Gasteiger partial charge in [0.2, 0.25) is 0 Å². The number of halogens is 3. The Morgan fingerprint density at radius 2 is 2.28 bits per heavy atom. The molecule has 7 heteroatoms. The van der Waals surface area contributed by atoms with E-state index in [4.69, 9.17) is 22.1 Å². The molecule has 0 amide bonds. The first-order chi connectivity index (χ1) is 8.51. The summed E-state index contributed by atoms with van der Waals surface area (Å²) in [7, 11) is 0. The van der Waals surface area contributed by atoms with E-state index in [1.165, 1.54) is 6.20 Å². The third-order valence-corrected chi connectivity index (χ3v) is 2.62. The van der Waals surface area contributed by atoms with E-state index in [1.54, 1.807) is 6.92 Å². The SMILES string of the molecule is CCOC(=O)Cc1c(Cl)cnc(CN)c1C(F)F. The molecule has 4 nitrogen and oxygen atoms in total. The summed E-state index contributed by atoms with van der Waals surface area (Å²) in [5.74, 6) is -0.615. The van der Waals surface area contributed by atoms with Crippen molar-refractivity contribution in [3.63, 3.8) is 0 Å². The van der Waals surface area contributed by atoms with Crippen molar-refractivity contribution in [2.24, 2.45) is 5.73 Å². The molecule has 0 saturated carbocycles. The molecule has 0 saturated heterocycles. The maximum absolute atomic E-state index is 13.0. The van der Waals surface area contributed by atoms with Gasteiger partial charge in [0, 0.05) is 18.3 Å². The lowest BCUT2D eigenvalue weighted by atomic mass is 10.0. The van der Waals surface area contributed by atoms with Gasteiger partial charge in [-0.3, -0.25) is 9.78 Å². The number of aromatic nitrogens is 1. The Bertz CT molecular complexity index is 441. The van der Waals surface area contributed by atoms with Crippen LogP contribution in [0.15, 0.2) is 6.20 Å². The second kappa shape index (κ2) is 6.61. The van der Waals surface area contributed by atoms with E-state index in [2.05, 4.69) is 4.98 Å². The zero-order chi connectivity index (χ0) is 13.7. The lowest BCUT2D eigenvalue weighted by Gasteiger charge is -2.13. The normalized spacial score (nSPS) is 10.8. The molecule has 0 atom stereocenters. The van der Waals surface area contributed by atoms with E-state index in [1.807, 2.05) is 0 Å². The number of ether oxygens (including phenoxy) is 1. The van der Waals surface area contributed by atoms with Crippen LogP contribution in [0, 0.1) is 0 Å². The lowest BCUT2D eigenvalue weighted by molar-refractivity contribution is -0.142. The van der Waals surface area contributed by atoms with Crippen LogP contribution in [-0.4, -0.2) is 17.6 Å². The minimum absolute atomic E-state index is 0.00977. The van der Waals surface area contributed by atoms with Crippen LogP contribution >= 0.6 is 11.6 Å². The predicted octanol–water partition coefficient (Wildman–Crippen LogP) is 2.24. The average Bonchev–Trinajstić information content (AvgIpc) is 2.31. The third kappa shape index (κ3) is 3.36. The largest absolute Gasteiger partial charge is 0.466 e. The first-order valence-electron chi connectivity index (χ1n) is 5.31. The molecule has 0 aliphatic carbocycles. The van der Waals surface area contributed by atoms with Crippen molar-refractivity contribution in [3.8, 4) is 0 Å². The van der Waals surface area contributed by atoms with Crippen LogP contribution in [0.3, 0.4) is 0 Å². The Balaban J connectivity index is 3.18. The molecule has 0 unspecified atom stereocenters. The summed E-state index contributed by atoms with van der Waals surface area (Å²) in [5, 5.41) is 0.00977. The molecule has 0 aliphatic heterocycles. The fourth-order valence-corrected chi connectivity index (χ4v) is 1.76.